The van der Waals surface area contributed by atoms with E-state index in [1.54, 1.807) is 6.20 Å². The first kappa shape index (κ1) is 16.0. The van der Waals surface area contributed by atoms with Crippen LogP contribution in [0.1, 0.15) is 12.1 Å². The van der Waals surface area contributed by atoms with Gasteiger partial charge in [-0.3, -0.25) is 4.98 Å². The van der Waals surface area contributed by atoms with Crippen molar-refractivity contribution in [3.05, 3.63) is 30.4 Å². The van der Waals surface area contributed by atoms with Gasteiger partial charge in [0.25, 0.3) is 0 Å². The third-order valence-corrected chi connectivity index (χ3v) is 4.56. The third-order valence-electron chi connectivity index (χ3n) is 4.56. The highest BCUT2D eigenvalue weighted by Gasteiger charge is 2.24. The summed E-state index contributed by atoms with van der Waals surface area (Å²) < 4.78 is 5.40. The van der Waals surface area contributed by atoms with Crippen molar-refractivity contribution in [2.75, 3.05) is 54.5 Å². The number of morpholine rings is 1. The minimum Gasteiger partial charge on any atom is -0.378 e. The summed E-state index contributed by atoms with van der Waals surface area (Å²) in [6.45, 7) is 7.05. The Hall–Kier alpha value is -2.48. The van der Waals surface area contributed by atoms with E-state index in [9.17, 15) is 0 Å². The molecule has 0 amide bonds. The standard InChI is InChI=1S/C17H23N7O/c1-13-10-18-11-16(20-13)24-5-3-14(12-24)21-17-19-4-2-15(22-17)23-6-8-25-9-7-23/h2,4,10-11,14H,3,5-9,12H2,1H3,(H,19,21,22). The molecular formula is C17H23N7O. The van der Waals surface area contributed by atoms with Gasteiger partial charge in [0, 0.05) is 44.6 Å². The van der Waals surface area contributed by atoms with Gasteiger partial charge in [0.2, 0.25) is 5.95 Å². The van der Waals surface area contributed by atoms with Gasteiger partial charge in [0.15, 0.2) is 0 Å². The summed E-state index contributed by atoms with van der Waals surface area (Å²) in [5.74, 6) is 2.58. The molecule has 2 aromatic heterocycles. The fourth-order valence-corrected chi connectivity index (χ4v) is 3.26. The van der Waals surface area contributed by atoms with Crippen LogP contribution in [0.4, 0.5) is 17.6 Å². The van der Waals surface area contributed by atoms with E-state index in [1.165, 1.54) is 0 Å². The summed E-state index contributed by atoms with van der Waals surface area (Å²) in [5, 5.41) is 3.46. The van der Waals surface area contributed by atoms with Crippen molar-refractivity contribution >= 4 is 17.6 Å². The number of nitrogens with zero attached hydrogens (tertiary/aromatic N) is 6. The third kappa shape index (κ3) is 3.79. The molecule has 0 aliphatic carbocycles. The summed E-state index contributed by atoms with van der Waals surface area (Å²) in [7, 11) is 0. The van der Waals surface area contributed by atoms with Crippen LogP contribution in [0.2, 0.25) is 0 Å². The van der Waals surface area contributed by atoms with Crippen LogP contribution in [0, 0.1) is 6.92 Å². The van der Waals surface area contributed by atoms with Gasteiger partial charge >= 0.3 is 0 Å². The summed E-state index contributed by atoms with van der Waals surface area (Å²) in [6.07, 6.45) is 6.45. The number of anilines is 3. The SMILES string of the molecule is Cc1cncc(N2CCC(Nc3nccc(N4CCOCC4)n3)C2)n1. The number of nitrogens with one attached hydrogen (secondary N) is 1. The van der Waals surface area contributed by atoms with Gasteiger partial charge in [0.1, 0.15) is 11.6 Å². The lowest BCUT2D eigenvalue weighted by atomic mass is 10.3. The quantitative estimate of drug-likeness (QED) is 0.886. The van der Waals surface area contributed by atoms with Crippen molar-refractivity contribution in [1.82, 2.24) is 19.9 Å². The van der Waals surface area contributed by atoms with Gasteiger partial charge in [-0.2, -0.15) is 4.98 Å². The van der Waals surface area contributed by atoms with Crippen molar-refractivity contribution in [3.8, 4) is 0 Å². The molecule has 0 radical (unpaired) electrons. The Kier molecular flexibility index (Phi) is 4.60. The number of hydrogen-bond donors (Lipinski definition) is 1. The summed E-state index contributed by atoms with van der Waals surface area (Å²) in [4.78, 5) is 22.3. The zero-order valence-electron chi connectivity index (χ0n) is 14.4. The van der Waals surface area contributed by atoms with Gasteiger partial charge < -0.3 is 19.9 Å². The molecule has 0 bridgehead atoms. The van der Waals surface area contributed by atoms with E-state index in [2.05, 4.69) is 35.1 Å². The summed E-state index contributed by atoms with van der Waals surface area (Å²) >= 11 is 0. The van der Waals surface area contributed by atoms with Gasteiger partial charge in [0.05, 0.1) is 25.1 Å². The van der Waals surface area contributed by atoms with E-state index in [1.807, 2.05) is 25.4 Å². The van der Waals surface area contributed by atoms with Crippen LogP contribution in [0.3, 0.4) is 0 Å². The van der Waals surface area contributed by atoms with Crippen LogP contribution in [0.5, 0.6) is 0 Å². The average Bonchev–Trinajstić information content (AvgIpc) is 3.11. The van der Waals surface area contributed by atoms with E-state index >= 15 is 0 Å². The molecule has 1 unspecified atom stereocenters. The lowest BCUT2D eigenvalue weighted by molar-refractivity contribution is 0.122. The fraction of sp³-hybridized carbons (Fsp3) is 0.529. The van der Waals surface area contributed by atoms with Crippen molar-refractivity contribution in [3.63, 3.8) is 0 Å². The first-order valence-corrected chi connectivity index (χ1v) is 8.74. The van der Waals surface area contributed by atoms with Gasteiger partial charge in [-0.25, -0.2) is 9.97 Å². The maximum atomic E-state index is 5.40. The Balaban J connectivity index is 1.39. The molecule has 0 spiro atoms. The zero-order chi connectivity index (χ0) is 17.1. The zero-order valence-corrected chi connectivity index (χ0v) is 14.4. The number of ether oxygens (including phenoxy) is 1. The normalized spacial score (nSPS) is 20.8. The molecule has 2 aliphatic rings. The molecule has 0 aromatic carbocycles. The fourth-order valence-electron chi connectivity index (χ4n) is 3.26. The molecule has 132 valence electrons. The first-order valence-electron chi connectivity index (χ1n) is 8.74. The highest BCUT2D eigenvalue weighted by molar-refractivity contribution is 5.44. The predicted octanol–water partition coefficient (Wildman–Crippen LogP) is 1.10. The van der Waals surface area contributed by atoms with E-state index in [4.69, 9.17) is 4.74 Å². The lowest BCUT2D eigenvalue weighted by Gasteiger charge is -2.28. The maximum absolute atomic E-state index is 5.40. The Labute approximate surface area is 147 Å². The Morgan fingerprint density at radius 2 is 1.96 bits per heavy atom. The van der Waals surface area contributed by atoms with Crippen molar-refractivity contribution in [1.29, 1.82) is 0 Å². The smallest absolute Gasteiger partial charge is 0.224 e. The van der Waals surface area contributed by atoms with Crippen LogP contribution >= 0.6 is 0 Å². The van der Waals surface area contributed by atoms with E-state index in [-0.39, 0.29) is 0 Å². The summed E-state index contributed by atoms with van der Waals surface area (Å²) in [6, 6.07) is 2.27. The predicted molar refractivity (Wildman–Crippen MR) is 96.1 cm³/mol. The number of aryl methyl sites for hydroxylation is 1. The molecule has 4 rings (SSSR count). The molecule has 25 heavy (non-hydrogen) atoms. The Morgan fingerprint density at radius 1 is 1.08 bits per heavy atom. The highest BCUT2D eigenvalue weighted by Crippen LogP contribution is 2.20. The second-order valence-electron chi connectivity index (χ2n) is 6.43. The van der Waals surface area contributed by atoms with Crippen LogP contribution < -0.4 is 15.1 Å². The number of rotatable bonds is 4. The van der Waals surface area contributed by atoms with E-state index < -0.39 is 0 Å². The molecular weight excluding hydrogens is 318 g/mol. The second-order valence-corrected chi connectivity index (χ2v) is 6.43. The van der Waals surface area contributed by atoms with Gasteiger partial charge in [-0.05, 0) is 19.4 Å². The molecule has 2 aliphatic heterocycles. The van der Waals surface area contributed by atoms with E-state index in [0.29, 0.717) is 12.0 Å². The number of hydrogen-bond acceptors (Lipinski definition) is 8. The first-order chi connectivity index (χ1) is 12.3. The molecule has 1 atom stereocenters. The van der Waals surface area contributed by atoms with Gasteiger partial charge in [-0.1, -0.05) is 0 Å². The highest BCUT2D eigenvalue weighted by atomic mass is 16.5. The van der Waals surface area contributed by atoms with Gasteiger partial charge in [-0.15, -0.1) is 0 Å². The van der Waals surface area contributed by atoms with Crippen molar-refractivity contribution < 1.29 is 4.74 Å². The van der Waals surface area contributed by atoms with Crippen molar-refractivity contribution in [2.45, 2.75) is 19.4 Å². The van der Waals surface area contributed by atoms with Crippen LogP contribution in [-0.4, -0.2) is 65.4 Å². The molecule has 0 saturated carbocycles. The Morgan fingerprint density at radius 3 is 2.80 bits per heavy atom. The average molecular weight is 341 g/mol. The minimum absolute atomic E-state index is 0.308. The monoisotopic (exact) mass is 341 g/mol. The largest absolute Gasteiger partial charge is 0.378 e. The molecule has 8 nitrogen and oxygen atoms in total. The molecule has 2 fully saturated rings. The van der Waals surface area contributed by atoms with E-state index in [0.717, 1.165) is 63.1 Å². The maximum Gasteiger partial charge on any atom is 0.224 e. The van der Waals surface area contributed by atoms with Crippen LogP contribution in [0.25, 0.3) is 0 Å². The molecule has 2 aromatic rings. The van der Waals surface area contributed by atoms with Crippen LogP contribution in [-0.2, 0) is 4.74 Å². The topological polar surface area (TPSA) is 79.3 Å². The van der Waals surface area contributed by atoms with Crippen LogP contribution in [0.15, 0.2) is 24.7 Å². The number of aromatic nitrogens is 4. The second kappa shape index (κ2) is 7.18. The molecule has 4 heterocycles. The molecule has 2 saturated heterocycles. The molecule has 1 N–H and O–H groups in total. The molecule has 8 heteroatoms. The lowest BCUT2D eigenvalue weighted by Crippen LogP contribution is -2.37. The Bertz CT molecular complexity index is 720. The minimum atomic E-state index is 0.308. The summed E-state index contributed by atoms with van der Waals surface area (Å²) in [5.41, 5.74) is 0.940. The van der Waals surface area contributed by atoms with Crippen molar-refractivity contribution in [2.24, 2.45) is 0 Å².